The van der Waals surface area contributed by atoms with Crippen molar-refractivity contribution in [2.24, 2.45) is 0 Å². The Morgan fingerprint density at radius 3 is 3.00 bits per heavy atom. The highest BCUT2D eigenvalue weighted by atomic mass is 35.5. The molecule has 1 heterocycles. The zero-order valence-electron chi connectivity index (χ0n) is 11.2. The Hall–Kier alpha value is -1.59. The third-order valence-corrected chi connectivity index (χ3v) is 3.92. The minimum absolute atomic E-state index is 0.149. The number of halogens is 1. The summed E-state index contributed by atoms with van der Waals surface area (Å²) in [5.74, 6) is -0.505. The second kappa shape index (κ2) is 6.24. The molecule has 6 heteroatoms. The fraction of sp³-hybridized carbons (Fsp3) is 0.429. The second-order valence-corrected chi connectivity index (χ2v) is 5.13. The molecule has 1 aromatic rings. The molecule has 1 atom stereocenters. The Balaban J connectivity index is 2.30. The van der Waals surface area contributed by atoms with Gasteiger partial charge in [0.15, 0.2) is 0 Å². The quantitative estimate of drug-likeness (QED) is 0.873. The lowest BCUT2D eigenvalue weighted by molar-refractivity contribution is -0.128. The molecule has 0 saturated carbocycles. The Morgan fingerprint density at radius 1 is 1.55 bits per heavy atom. The first-order valence-corrected chi connectivity index (χ1v) is 6.88. The van der Waals surface area contributed by atoms with E-state index >= 15 is 0 Å². The highest BCUT2D eigenvalue weighted by Crippen LogP contribution is 2.23. The summed E-state index contributed by atoms with van der Waals surface area (Å²) in [6.07, 6.45) is 0.223. The molecule has 0 radical (unpaired) electrons. The summed E-state index contributed by atoms with van der Waals surface area (Å²) >= 11 is 6.17. The standard InChI is InChI=1S/C14H17ClN2O3/c1-9-3-2-4-10(12(9)15)14(20)17-7-6-16-13(19)11(17)5-8-18/h2-4,11,18H,5-8H2,1H3,(H,16,19)/t11-/m1/s1. The number of aryl methyl sites for hydroxylation is 1. The van der Waals surface area contributed by atoms with Gasteiger partial charge in [-0.2, -0.15) is 0 Å². The number of nitrogens with one attached hydrogen (secondary N) is 1. The van der Waals surface area contributed by atoms with Gasteiger partial charge >= 0.3 is 0 Å². The van der Waals surface area contributed by atoms with E-state index in [9.17, 15) is 9.59 Å². The molecule has 5 nitrogen and oxygen atoms in total. The number of rotatable bonds is 3. The maximum atomic E-state index is 12.6. The van der Waals surface area contributed by atoms with Crippen molar-refractivity contribution in [2.75, 3.05) is 19.7 Å². The number of piperazine rings is 1. The van der Waals surface area contributed by atoms with Crippen molar-refractivity contribution in [2.45, 2.75) is 19.4 Å². The van der Waals surface area contributed by atoms with Crippen LogP contribution in [0.15, 0.2) is 18.2 Å². The Morgan fingerprint density at radius 2 is 2.30 bits per heavy atom. The van der Waals surface area contributed by atoms with Crippen LogP contribution in [0.4, 0.5) is 0 Å². The Kier molecular flexibility index (Phi) is 4.62. The van der Waals surface area contributed by atoms with Gasteiger partial charge in [0.05, 0.1) is 10.6 Å². The van der Waals surface area contributed by atoms with Gasteiger partial charge in [0.25, 0.3) is 5.91 Å². The van der Waals surface area contributed by atoms with Crippen molar-refractivity contribution in [3.8, 4) is 0 Å². The average molecular weight is 297 g/mol. The van der Waals surface area contributed by atoms with Crippen LogP contribution >= 0.6 is 11.6 Å². The van der Waals surface area contributed by atoms with Crippen molar-refractivity contribution in [1.29, 1.82) is 0 Å². The number of carbonyl (C=O) groups is 2. The summed E-state index contributed by atoms with van der Waals surface area (Å²) in [5, 5.41) is 12.2. The van der Waals surface area contributed by atoms with E-state index in [0.717, 1.165) is 5.56 Å². The molecule has 0 unspecified atom stereocenters. The van der Waals surface area contributed by atoms with Gasteiger partial charge in [-0.15, -0.1) is 0 Å². The predicted molar refractivity (Wildman–Crippen MR) is 75.7 cm³/mol. The summed E-state index contributed by atoms with van der Waals surface area (Å²) < 4.78 is 0. The van der Waals surface area contributed by atoms with Crippen molar-refractivity contribution in [3.63, 3.8) is 0 Å². The van der Waals surface area contributed by atoms with Crippen molar-refractivity contribution in [3.05, 3.63) is 34.3 Å². The zero-order chi connectivity index (χ0) is 14.7. The molecular formula is C14H17ClN2O3. The fourth-order valence-corrected chi connectivity index (χ4v) is 2.54. The molecule has 0 bridgehead atoms. The Bertz CT molecular complexity index is 533. The molecule has 20 heavy (non-hydrogen) atoms. The molecule has 1 saturated heterocycles. The molecule has 1 aliphatic heterocycles. The monoisotopic (exact) mass is 296 g/mol. The second-order valence-electron chi connectivity index (χ2n) is 4.75. The first-order valence-electron chi connectivity index (χ1n) is 6.51. The van der Waals surface area contributed by atoms with Crippen molar-refractivity contribution >= 4 is 23.4 Å². The Labute approximate surface area is 122 Å². The largest absolute Gasteiger partial charge is 0.396 e. The molecule has 0 spiro atoms. The van der Waals surface area contributed by atoms with E-state index in [1.165, 1.54) is 4.90 Å². The smallest absolute Gasteiger partial charge is 0.256 e. The van der Waals surface area contributed by atoms with E-state index in [-0.39, 0.29) is 24.8 Å². The first kappa shape index (κ1) is 14.8. The van der Waals surface area contributed by atoms with Crippen molar-refractivity contribution < 1.29 is 14.7 Å². The fourth-order valence-electron chi connectivity index (χ4n) is 2.33. The lowest BCUT2D eigenvalue weighted by Crippen LogP contribution is -2.57. The van der Waals surface area contributed by atoms with Gasteiger partial charge in [-0.3, -0.25) is 9.59 Å². The van der Waals surface area contributed by atoms with Gasteiger partial charge in [-0.05, 0) is 25.0 Å². The number of benzene rings is 1. The van der Waals surface area contributed by atoms with Crippen LogP contribution < -0.4 is 5.32 Å². The highest BCUT2D eigenvalue weighted by Gasteiger charge is 2.33. The normalized spacial score (nSPS) is 18.9. The number of amides is 2. The van der Waals surface area contributed by atoms with Crippen LogP contribution in [0.2, 0.25) is 5.02 Å². The molecule has 0 aliphatic carbocycles. The lowest BCUT2D eigenvalue weighted by Gasteiger charge is -2.35. The van der Waals surface area contributed by atoms with Gasteiger partial charge in [0, 0.05) is 19.7 Å². The SMILES string of the molecule is Cc1cccc(C(=O)N2CCNC(=O)[C@H]2CCO)c1Cl. The van der Waals surface area contributed by atoms with Crippen LogP contribution in [-0.2, 0) is 4.79 Å². The van der Waals surface area contributed by atoms with Crippen LogP contribution in [0, 0.1) is 6.92 Å². The third kappa shape index (κ3) is 2.78. The summed E-state index contributed by atoms with van der Waals surface area (Å²) in [4.78, 5) is 25.9. The van der Waals surface area contributed by atoms with Gasteiger partial charge in [0.2, 0.25) is 5.91 Å². The van der Waals surface area contributed by atoms with Gasteiger partial charge in [-0.1, -0.05) is 23.7 Å². The van der Waals surface area contributed by atoms with E-state index in [1.807, 2.05) is 13.0 Å². The van der Waals surface area contributed by atoms with Gasteiger partial charge in [0.1, 0.15) is 6.04 Å². The van der Waals surface area contributed by atoms with Crippen LogP contribution in [0.3, 0.4) is 0 Å². The van der Waals surface area contributed by atoms with Gasteiger partial charge < -0.3 is 15.3 Å². The minimum atomic E-state index is -0.641. The molecule has 0 aromatic heterocycles. The number of aliphatic hydroxyl groups is 1. The highest BCUT2D eigenvalue weighted by molar-refractivity contribution is 6.34. The molecule has 2 amide bonds. The maximum absolute atomic E-state index is 12.6. The molecule has 2 N–H and O–H groups in total. The summed E-state index contributed by atoms with van der Waals surface area (Å²) in [7, 11) is 0. The molecular weight excluding hydrogens is 280 g/mol. The lowest BCUT2D eigenvalue weighted by atomic mass is 10.1. The first-order chi connectivity index (χ1) is 9.56. The van der Waals surface area contributed by atoms with E-state index in [0.29, 0.717) is 23.7 Å². The molecule has 1 aromatic carbocycles. The minimum Gasteiger partial charge on any atom is -0.396 e. The van der Waals surface area contributed by atoms with E-state index in [4.69, 9.17) is 16.7 Å². The summed E-state index contributed by atoms with van der Waals surface area (Å²) in [6.45, 7) is 2.51. The van der Waals surface area contributed by atoms with Crippen LogP contribution in [-0.4, -0.2) is 47.6 Å². The maximum Gasteiger partial charge on any atom is 0.256 e. The number of aliphatic hydroxyl groups excluding tert-OH is 1. The van der Waals surface area contributed by atoms with Crippen molar-refractivity contribution in [1.82, 2.24) is 10.2 Å². The summed E-state index contributed by atoms with van der Waals surface area (Å²) in [5.41, 5.74) is 1.21. The third-order valence-electron chi connectivity index (χ3n) is 3.42. The summed E-state index contributed by atoms with van der Waals surface area (Å²) in [6, 6.07) is 4.60. The number of hydrogen-bond acceptors (Lipinski definition) is 3. The number of hydrogen-bond donors (Lipinski definition) is 2. The van der Waals surface area contributed by atoms with Crippen LogP contribution in [0.25, 0.3) is 0 Å². The molecule has 1 fully saturated rings. The zero-order valence-corrected chi connectivity index (χ0v) is 12.0. The molecule has 2 rings (SSSR count). The molecule has 1 aliphatic rings. The topological polar surface area (TPSA) is 69.6 Å². The van der Waals surface area contributed by atoms with Crippen LogP contribution in [0.1, 0.15) is 22.3 Å². The average Bonchev–Trinajstić information content (AvgIpc) is 2.43. The van der Waals surface area contributed by atoms with Gasteiger partial charge in [-0.25, -0.2) is 0 Å². The van der Waals surface area contributed by atoms with E-state index in [2.05, 4.69) is 5.32 Å². The predicted octanol–water partition coefficient (Wildman–Crippen LogP) is 0.971. The number of nitrogens with zero attached hydrogens (tertiary/aromatic N) is 1. The van der Waals surface area contributed by atoms with E-state index < -0.39 is 6.04 Å². The van der Waals surface area contributed by atoms with Crippen LogP contribution in [0.5, 0.6) is 0 Å². The van der Waals surface area contributed by atoms with E-state index in [1.54, 1.807) is 12.1 Å². The molecule has 108 valence electrons. The number of carbonyl (C=O) groups excluding carboxylic acids is 2.